The van der Waals surface area contributed by atoms with Crippen LogP contribution in [0.2, 0.25) is 0 Å². The predicted octanol–water partition coefficient (Wildman–Crippen LogP) is 2.32. The van der Waals surface area contributed by atoms with Crippen molar-refractivity contribution < 1.29 is 19.1 Å². The number of nitrogens with one attached hydrogen (secondary N) is 1. The van der Waals surface area contributed by atoms with E-state index in [2.05, 4.69) is 5.32 Å². The van der Waals surface area contributed by atoms with Crippen LogP contribution in [0.15, 0.2) is 47.1 Å². The number of aliphatic hydroxyl groups is 1. The third-order valence-electron chi connectivity index (χ3n) is 3.49. The van der Waals surface area contributed by atoms with Crippen LogP contribution >= 0.6 is 0 Å². The first-order valence-corrected chi connectivity index (χ1v) is 7.22. The van der Waals surface area contributed by atoms with E-state index >= 15 is 0 Å². The van der Waals surface area contributed by atoms with Crippen LogP contribution in [0.3, 0.4) is 0 Å². The second kappa shape index (κ2) is 7.66. The van der Waals surface area contributed by atoms with Crippen molar-refractivity contribution in [1.82, 2.24) is 5.32 Å². The third kappa shape index (κ3) is 4.36. The highest BCUT2D eigenvalue weighted by Gasteiger charge is 2.16. The van der Waals surface area contributed by atoms with Gasteiger partial charge in [-0.25, -0.2) is 0 Å². The van der Waals surface area contributed by atoms with Crippen molar-refractivity contribution in [3.05, 3.63) is 54.0 Å². The molecular weight excluding hydrogens is 282 g/mol. The first-order valence-electron chi connectivity index (χ1n) is 7.22. The number of furan rings is 1. The average Bonchev–Trinajstić information content (AvgIpc) is 3.07. The molecule has 0 aliphatic rings. The quantitative estimate of drug-likeness (QED) is 0.823. The Balaban J connectivity index is 1.81. The number of hydrogen-bond donors (Lipinski definition) is 2. The Morgan fingerprint density at radius 1 is 1.32 bits per heavy atom. The van der Waals surface area contributed by atoms with Crippen LogP contribution in [-0.2, 0) is 11.2 Å². The van der Waals surface area contributed by atoms with Crippen molar-refractivity contribution in [3.63, 3.8) is 0 Å². The van der Waals surface area contributed by atoms with Crippen molar-refractivity contribution in [2.24, 2.45) is 5.92 Å². The van der Waals surface area contributed by atoms with E-state index < -0.39 is 6.10 Å². The molecule has 5 nitrogen and oxygen atoms in total. The Morgan fingerprint density at radius 2 is 2.05 bits per heavy atom. The highest BCUT2D eigenvalue weighted by Crippen LogP contribution is 2.15. The maximum atomic E-state index is 12.1. The number of amides is 1. The van der Waals surface area contributed by atoms with Crippen molar-refractivity contribution >= 4 is 5.91 Å². The lowest BCUT2D eigenvalue weighted by Gasteiger charge is -2.14. The van der Waals surface area contributed by atoms with Crippen LogP contribution < -0.4 is 10.1 Å². The fourth-order valence-electron chi connectivity index (χ4n) is 2.16. The summed E-state index contributed by atoms with van der Waals surface area (Å²) >= 11 is 0. The van der Waals surface area contributed by atoms with Crippen LogP contribution in [0.5, 0.6) is 5.75 Å². The van der Waals surface area contributed by atoms with Gasteiger partial charge in [0.1, 0.15) is 17.6 Å². The molecule has 0 saturated heterocycles. The maximum absolute atomic E-state index is 12.1. The van der Waals surface area contributed by atoms with Gasteiger partial charge >= 0.3 is 0 Å². The summed E-state index contributed by atoms with van der Waals surface area (Å²) in [5, 5.41) is 12.6. The highest BCUT2D eigenvalue weighted by atomic mass is 16.5. The molecule has 5 heteroatoms. The number of carbonyl (C=O) groups is 1. The molecule has 1 heterocycles. The predicted molar refractivity (Wildman–Crippen MR) is 82.5 cm³/mol. The molecule has 118 valence electrons. The smallest absolute Gasteiger partial charge is 0.223 e. The van der Waals surface area contributed by atoms with Crippen molar-refractivity contribution in [2.75, 3.05) is 13.7 Å². The fraction of sp³-hybridized carbons (Fsp3) is 0.353. The lowest BCUT2D eigenvalue weighted by Crippen LogP contribution is -2.33. The number of aliphatic hydroxyl groups excluding tert-OH is 1. The number of carbonyl (C=O) groups excluding carboxylic acids is 1. The fourth-order valence-corrected chi connectivity index (χ4v) is 2.16. The Bertz CT molecular complexity index is 577. The number of methoxy groups -OCH3 is 1. The molecule has 0 bridgehead atoms. The van der Waals surface area contributed by atoms with Crippen LogP contribution in [0.1, 0.15) is 24.4 Å². The zero-order valence-corrected chi connectivity index (χ0v) is 12.8. The van der Waals surface area contributed by atoms with Gasteiger partial charge in [0.25, 0.3) is 0 Å². The van der Waals surface area contributed by atoms with Gasteiger partial charge in [0.2, 0.25) is 5.91 Å². The first kappa shape index (κ1) is 16.1. The summed E-state index contributed by atoms with van der Waals surface area (Å²) in [6.07, 6.45) is 1.30. The van der Waals surface area contributed by atoms with E-state index in [0.29, 0.717) is 12.2 Å². The highest BCUT2D eigenvalue weighted by molar-refractivity contribution is 5.78. The minimum absolute atomic E-state index is 0.0959. The summed E-state index contributed by atoms with van der Waals surface area (Å²) in [4.78, 5) is 12.1. The first-order chi connectivity index (χ1) is 10.6. The summed E-state index contributed by atoms with van der Waals surface area (Å²) in [7, 11) is 1.62. The summed E-state index contributed by atoms with van der Waals surface area (Å²) in [6.45, 7) is 2.00. The van der Waals surface area contributed by atoms with Crippen LogP contribution in [0.25, 0.3) is 0 Å². The second-order valence-corrected chi connectivity index (χ2v) is 5.23. The molecule has 22 heavy (non-hydrogen) atoms. The van der Waals surface area contributed by atoms with Crippen molar-refractivity contribution in [3.8, 4) is 5.75 Å². The van der Waals surface area contributed by atoms with E-state index in [0.717, 1.165) is 11.3 Å². The van der Waals surface area contributed by atoms with E-state index in [1.54, 1.807) is 19.2 Å². The van der Waals surface area contributed by atoms with Gasteiger partial charge in [-0.1, -0.05) is 19.1 Å². The van der Waals surface area contributed by atoms with E-state index in [1.807, 2.05) is 31.2 Å². The Labute approximate surface area is 129 Å². The Morgan fingerprint density at radius 3 is 2.64 bits per heavy atom. The van der Waals surface area contributed by atoms with E-state index in [9.17, 15) is 9.90 Å². The van der Waals surface area contributed by atoms with Crippen LogP contribution in [0, 0.1) is 5.92 Å². The lowest BCUT2D eigenvalue weighted by atomic mass is 10.0. The molecule has 0 saturated carbocycles. The molecule has 1 amide bonds. The standard InChI is InChI=1S/C17H21NO4/c1-12(10-13-5-7-14(21-2)8-6-13)17(20)18-11-15(19)16-4-3-9-22-16/h3-9,12,15,19H,10-11H2,1-2H3,(H,18,20). The molecule has 2 rings (SSSR count). The molecule has 1 aromatic carbocycles. The topological polar surface area (TPSA) is 71.7 Å². The lowest BCUT2D eigenvalue weighted by molar-refractivity contribution is -0.125. The average molecular weight is 303 g/mol. The second-order valence-electron chi connectivity index (χ2n) is 5.23. The third-order valence-corrected chi connectivity index (χ3v) is 3.49. The van der Waals surface area contributed by atoms with Gasteiger partial charge in [-0.05, 0) is 36.2 Å². The molecule has 2 unspecified atom stereocenters. The van der Waals surface area contributed by atoms with Gasteiger partial charge in [0.15, 0.2) is 0 Å². The minimum Gasteiger partial charge on any atom is -0.497 e. The summed E-state index contributed by atoms with van der Waals surface area (Å²) in [5.41, 5.74) is 1.06. The summed E-state index contributed by atoms with van der Waals surface area (Å²) in [6, 6.07) is 11.0. The van der Waals surface area contributed by atoms with Gasteiger partial charge < -0.3 is 19.6 Å². The maximum Gasteiger partial charge on any atom is 0.223 e. The molecule has 0 aliphatic heterocycles. The summed E-state index contributed by atoms with van der Waals surface area (Å²) in [5.74, 6) is 0.962. The SMILES string of the molecule is COc1ccc(CC(C)C(=O)NCC(O)c2ccco2)cc1. The number of hydrogen-bond acceptors (Lipinski definition) is 4. The van der Waals surface area contributed by atoms with Crippen molar-refractivity contribution in [2.45, 2.75) is 19.4 Å². The monoisotopic (exact) mass is 303 g/mol. The zero-order chi connectivity index (χ0) is 15.9. The number of ether oxygens (including phenoxy) is 1. The molecule has 0 radical (unpaired) electrons. The van der Waals surface area contributed by atoms with Crippen molar-refractivity contribution in [1.29, 1.82) is 0 Å². The molecule has 2 N–H and O–H groups in total. The zero-order valence-electron chi connectivity index (χ0n) is 12.8. The molecular formula is C17H21NO4. The van der Waals surface area contributed by atoms with Gasteiger partial charge in [0, 0.05) is 5.92 Å². The largest absolute Gasteiger partial charge is 0.497 e. The molecule has 0 fully saturated rings. The van der Waals surface area contributed by atoms with Gasteiger partial charge in [0.05, 0.1) is 19.9 Å². The van der Waals surface area contributed by atoms with E-state index in [4.69, 9.17) is 9.15 Å². The Hall–Kier alpha value is -2.27. The van der Waals surface area contributed by atoms with Gasteiger partial charge in [-0.3, -0.25) is 4.79 Å². The van der Waals surface area contributed by atoms with Gasteiger partial charge in [-0.2, -0.15) is 0 Å². The molecule has 2 aromatic rings. The Kier molecular flexibility index (Phi) is 5.61. The number of rotatable bonds is 7. The molecule has 1 aromatic heterocycles. The minimum atomic E-state index is -0.827. The van der Waals surface area contributed by atoms with E-state index in [-0.39, 0.29) is 18.4 Å². The van der Waals surface area contributed by atoms with Gasteiger partial charge in [-0.15, -0.1) is 0 Å². The summed E-state index contributed by atoms with van der Waals surface area (Å²) < 4.78 is 10.2. The normalized spacial score (nSPS) is 13.4. The molecule has 0 aliphatic carbocycles. The van der Waals surface area contributed by atoms with Crippen LogP contribution in [-0.4, -0.2) is 24.7 Å². The number of benzene rings is 1. The van der Waals surface area contributed by atoms with E-state index in [1.165, 1.54) is 6.26 Å². The van der Waals surface area contributed by atoms with Crippen LogP contribution in [0.4, 0.5) is 0 Å². The molecule has 2 atom stereocenters. The molecule has 0 spiro atoms.